The highest BCUT2D eigenvalue weighted by Crippen LogP contribution is 2.37. The molecule has 296 valence electrons. The normalized spacial score (nSPS) is 20.9. The summed E-state index contributed by atoms with van der Waals surface area (Å²) in [6, 6.07) is 10.8. The zero-order valence-electron chi connectivity index (χ0n) is 31.3. The molecular formula is C41H51N3O11. The van der Waals surface area contributed by atoms with Crippen molar-refractivity contribution in [3.8, 4) is 0 Å². The molecular weight excluding hydrogens is 710 g/mol. The number of piperidine rings is 2. The van der Waals surface area contributed by atoms with E-state index in [1.54, 1.807) is 11.0 Å². The number of aryl methyl sites for hydroxylation is 2. The molecule has 0 bridgehead atoms. The molecule has 3 atom stereocenters. The molecule has 0 aromatic heterocycles. The second-order valence-electron chi connectivity index (χ2n) is 14.3. The number of amides is 5. The van der Waals surface area contributed by atoms with Gasteiger partial charge in [0.2, 0.25) is 23.6 Å². The summed E-state index contributed by atoms with van der Waals surface area (Å²) in [5.74, 6) is -2.32. The molecule has 2 aromatic carbocycles. The van der Waals surface area contributed by atoms with Crippen molar-refractivity contribution in [2.24, 2.45) is 11.8 Å². The SMILES string of the molecule is O=C1CCC(C2Cc3c(CCCOCCOCCOCCOCCOCCCc4cccc5c4CN(C4CCC(=O)NC4=O)C5=O)cccc3C2=O)C(=O)N1. The molecule has 0 spiro atoms. The van der Waals surface area contributed by atoms with Gasteiger partial charge in [0.05, 0.1) is 52.9 Å². The predicted molar refractivity (Wildman–Crippen MR) is 197 cm³/mol. The molecule has 2 saturated heterocycles. The van der Waals surface area contributed by atoms with E-state index in [2.05, 4.69) is 10.6 Å². The van der Waals surface area contributed by atoms with Crippen molar-refractivity contribution in [1.82, 2.24) is 15.5 Å². The molecule has 2 N–H and O–H groups in total. The quantitative estimate of drug-likeness (QED) is 0.133. The highest BCUT2D eigenvalue weighted by Gasteiger charge is 2.43. The third kappa shape index (κ3) is 10.5. The minimum atomic E-state index is -0.619. The Kier molecular flexibility index (Phi) is 14.7. The van der Waals surface area contributed by atoms with Crippen LogP contribution in [0.2, 0.25) is 0 Å². The van der Waals surface area contributed by atoms with Gasteiger partial charge >= 0.3 is 0 Å². The van der Waals surface area contributed by atoms with Gasteiger partial charge in [-0.15, -0.1) is 0 Å². The monoisotopic (exact) mass is 761 g/mol. The first-order chi connectivity index (χ1) is 26.8. The Labute approximate surface area is 320 Å². The average Bonchev–Trinajstić information content (AvgIpc) is 3.69. The number of nitrogens with zero attached hydrogens (tertiary/aromatic N) is 1. The number of fused-ring (bicyclic) bond motifs is 2. The Hall–Kier alpha value is -4.34. The maximum atomic E-state index is 13.1. The summed E-state index contributed by atoms with van der Waals surface area (Å²) >= 11 is 0. The number of Topliss-reactive ketones (excluding diaryl/α,β-unsaturated/α-hetero) is 1. The number of nitrogens with one attached hydrogen (secondary N) is 2. The third-order valence-electron chi connectivity index (χ3n) is 10.7. The lowest BCUT2D eigenvalue weighted by molar-refractivity contribution is -0.138. The van der Waals surface area contributed by atoms with Crippen molar-refractivity contribution in [3.05, 3.63) is 69.8 Å². The van der Waals surface area contributed by atoms with Gasteiger partial charge in [-0.2, -0.15) is 0 Å². The van der Waals surface area contributed by atoms with Gasteiger partial charge in [-0.1, -0.05) is 30.3 Å². The number of carbonyl (C=O) groups excluding carboxylic acids is 6. The van der Waals surface area contributed by atoms with Crippen LogP contribution in [0.1, 0.15) is 81.5 Å². The highest BCUT2D eigenvalue weighted by atomic mass is 16.6. The van der Waals surface area contributed by atoms with Gasteiger partial charge in [0.15, 0.2) is 5.78 Å². The molecule has 2 aromatic rings. The Morgan fingerprint density at radius 1 is 0.564 bits per heavy atom. The topological polar surface area (TPSA) is 176 Å². The van der Waals surface area contributed by atoms with Crippen molar-refractivity contribution in [2.45, 2.75) is 70.4 Å². The predicted octanol–water partition coefficient (Wildman–Crippen LogP) is 2.50. The summed E-state index contributed by atoms with van der Waals surface area (Å²) < 4.78 is 28.2. The lowest BCUT2D eigenvalue weighted by atomic mass is 9.82. The van der Waals surface area contributed by atoms with Crippen molar-refractivity contribution in [3.63, 3.8) is 0 Å². The van der Waals surface area contributed by atoms with Crippen LogP contribution in [0.15, 0.2) is 36.4 Å². The zero-order chi connectivity index (χ0) is 38.6. The maximum Gasteiger partial charge on any atom is 0.255 e. The summed E-state index contributed by atoms with van der Waals surface area (Å²) in [4.78, 5) is 75.5. The Morgan fingerprint density at radius 2 is 1.07 bits per heavy atom. The van der Waals surface area contributed by atoms with Crippen LogP contribution in [-0.2, 0) is 68.7 Å². The molecule has 55 heavy (non-hydrogen) atoms. The number of ether oxygens (including phenoxy) is 5. The van der Waals surface area contributed by atoms with Crippen LogP contribution in [0, 0.1) is 11.8 Å². The molecule has 0 radical (unpaired) electrons. The first kappa shape index (κ1) is 40.3. The number of benzene rings is 2. The maximum absolute atomic E-state index is 13.1. The fourth-order valence-electron chi connectivity index (χ4n) is 7.87. The van der Waals surface area contributed by atoms with Gasteiger partial charge in [0, 0.05) is 55.6 Å². The van der Waals surface area contributed by atoms with E-state index in [0.717, 1.165) is 47.9 Å². The number of imide groups is 2. The van der Waals surface area contributed by atoms with Crippen LogP contribution >= 0.6 is 0 Å². The Balaban J connectivity index is 0.730. The van der Waals surface area contributed by atoms with Crippen LogP contribution in [0.5, 0.6) is 0 Å². The third-order valence-corrected chi connectivity index (χ3v) is 10.7. The lowest BCUT2D eigenvalue weighted by Gasteiger charge is -2.29. The molecule has 5 amide bonds. The number of rotatable bonds is 22. The second kappa shape index (κ2) is 20.0. The van der Waals surface area contributed by atoms with E-state index < -0.39 is 23.8 Å². The van der Waals surface area contributed by atoms with E-state index in [0.29, 0.717) is 103 Å². The summed E-state index contributed by atoms with van der Waals surface area (Å²) in [7, 11) is 0. The van der Waals surface area contributed by atoms with Crippen LogP contribution in [-0.4, -0.2) is 112 Å². The fraction of sp³-hybridized carbons (Fsp3) is 0.561. The summed E-state index contributed by atoms with van der Waals surface area (Å²) in [6.07, 6.45) is 4.92. The highest BCUT2D eigenvalue weighted by molar-refractivity contribution is 6.07. The van der Waals surface area contributed by atoms with Crippen molar-refractivity contribution >= 4 is 35.3 Å². The molecule has 0 saturated carbocycles. The number of hydrogen-bond acceptors (Lipinski definition) is 11. The van der Waals surface area contributed by atoms with Gasteiger partial charge in [-0.3, -0.25) is 39.4 Å². The number of carbonyl (C=O) groups is 6. The van der Waals surface area contributed by atoms with E-state index in [1.807, 2.05) is 30.3 Å². The van der Waals surface area contributed by atoms with Crippen LogP contribution in [0.25, 0.3) is 0 Å². The molecule has 1 aliphatic carbocycles. The van der Waals surface area contributed by atoms with Gasteiger partial charge in [-0.25, -0.2) is 0 Å². The number of hydrogen-bond donors (Lipinski definition) is 2. The number of ketones is 1. The molecule has 14 nitrogen and oxygen atoms in total. The van der Waals surface area contributed by atoms with Crippen LogP contribution < -0.4 is 10.6 Å². The second-order valence-corrected chi connectivity index (χ2v) is 14.3. The first-order valence-electron chi connectivity index (χ1n) is 19.4. The van der Waals surface area contributed by atoms with E-state index in [-0.39, 0.29) is 42.3 Å². The van der Waals surface area contributed by atoms with E-state index in [9.17, 15) is 28.8 Å². The lowest BCUT2D eigenvalue weighted by Crippen LogP contribution is -2.52. The van der Waals surface area contributed by atoms with E-state index >= 15 is 0 Å². The molecule has 6 rings (SSSR count). The molecule has 2 fully saturated rings. The molecule has 3 aliphatic heterocycles. The van der Waals surface area contributed by atoms with E-state index in [1.165, 1.54) is 0 Å². The molecule has 3 heterocycles. The average molecular weight is 762 g/mol. The van der Waals surface area contributed by atoms with Crippen molar-refractivity contribution < 1.29 is 52.5 Å². The summed E-state index contributed by atoms with van der Waals surface area (Å²) in [5, 5.41) is 4.73. The first-order valence-corrected chi connectivity index (χ1v) is 19.4. The molecule has 14 heteroatoms. The zero-order valence-corrected chi connectivity index (χ0v) is 31.3. The molecule has 4 aliphatic rings. The van der Waals surface area contributed by atoms with Gasteiger partial charge < -0.3 is 28.6 Å². The fourth-order valence-corrected chi connectivity index (χ4v) is 7.87. The Bertz CT molecular complexity index is 1610. The van der Waals surface area contributed by atoms with Gasteiger partial charge in [-0.05, 0) is 73.3 Å². The largest absolute Gasteiger partial charge is 0.379 e. The van der Waals surface area contributed by atoms with Crippen molar-refractivity contribution in [1.29, 1.82) is 0 Å². The van der Waals surface area contributed by atoms with Crippen LogP contribution in [0.4, 0.5) is 0 Å². The summed E-state index contributed by atoms with van der Waals surface area (Å²) in [6.45, 7) is 5.19. The Morgan fingerprint density at radius 3 is 1.64 bits per heavy atom. The standard InChI is InChI=1S/C41H51N3O11/c45-36-13-11-30(39(48)42-36)33-25-32-27(5-1-9-29(32)38(33)47)7-3-15-51-17-19-53-21-23-55-24-22-54-20-18-52-16-4-8-28-6-2-10-31-34(28)26-44(41(31)50)35-12-14-37(46)43-40(35)49/h1-2,5-6,9-10,30,33,35H,3-4,7-8,11-26H2,(H,42,45,48)(H,43,46,49). The summed E-state index contributed by atoms with van der Waals surface area (Å²) in [5.41, 5.74) is 5.47. The van der Waals surface area contributed by atoms with Crippen LogP contribution in [0.3, 0.4) is 0 Å². The van der Waals surface area contributed by atoms with E-state index in [4.69, 9.17) is 23.7 Å². The minimum absolute atomic E-state index is 0.00274. The molecule has 3 unspecified atom stereocenters. The van der Waals surface area contributed by atoms with Crippen molar-refractivity contribution in [2.75, 3.05) is 66.1 Å². The minimum Gasteiger partial charge on any atom is -0.379 e. The van der Waals surface area contributed by atoms with Gasteiger partial charge in [0.1, 0.15) is 6.04 Å². The van der Waals surface area contributed by atoms with Gasteiger partial charge in [0.25, 0.3) is 5.91 Å². The smallest absolute Gasteiger partial charge is 0.255 e.